The second kappa shape index (κ2) is 6.19. The zero-order valence-electron chi connectivity index (χ0n) is 9.85. The molecule has 1 N–H and O–H groups in total. The first-order valence-corrected chi connectivity index (χ1v) is 5.39. The summed E-state index contributed by atoms with van der Waals surface area (Å²) in [5, 5.41) is 11.8. The lowest BCUT2D eigenvalue weighted by Gasteiger charge is -1.98. The lowest BCUT2D eigenvalue weighted by molar-refractivity contribution is 1.07. The molecule has 6 nitrogen and oxygen atoms in total. The van der Waals surface area contributed by atoms with Crippen LogP contribution in [0.25, 0.3) is 0 Å². The summed E-state index contributed by atoms with van der Waals surface area (Å²) in [5.41, 5.74) is 3.77. The van der Waals surface area contributed by atoms with E-state index in [0.29, 0.717) is 11.8 Å². The highest BCUT2D eigenvalue weighted by Gasteiger charge is 1.91. The number of aromatic nitrogens is 2. The molecule has 1 aromatic heterocycles. The Hall–Kier alpha value is -2.63. The molecule has 0 aliphatic heterocycles. The van der Waals surface area contributed by atoms with Gasteiger partial charge in [0, 0.05) is 12.4 Å². The fraction of sp³-hybridized carbons (Fsp3) is 0.0833. The molecule has 0 radical (unpaired) electrons. The van der Waals surface area contributed by atoms with Gasteiger partial charge in [-0.2, -0.15) is 5.10 Å². The molecule has 0 fully saturated rings. The molecule has 2 rings (SSSR count). The number of hydrogen-bond acceptors (Lipinski definition) is 5. The maximum atomic E-state index is 4.06. The van der Waals surface area contributed by atoms with E-state index in [-0.39, 0.29) is 0 Å². The fourth-order valence-electron chi connectivity index (χ4n) is 1.14. The summed E-state index contributed by atoms with van der Waals surface area (Å²) in [7, 11) is 0. The van der Waals surface area contributed by atoms with Gasteiger partial charge in [0.15, 0.2) is 5.84 Å². The Bertz CT molecular complexity index is 535. The molecule has 2 aromatic rings. The number of nitrogens with zero attached hydrogens (tertiary/aromatic N) is 5. The minimum absolute atomic E-state index is 0.312. The molecule has 0 aliphatic rings. The van der Waals surface area contributed by atoms with E-state index in [1.54, 1.807) is 25.4 Å². The summed E-state index contributed by atoms with van der Waals surface area (Å²) in [6.07, 6.45) is 3.21. The van der Waals surface area contributed by atoms with Crippen LogP contribution < -0.4 is 5.43 Å². The van der Waals surface area contributed by atoms with Crippen molar-refractivity contribution in [2.45, 2.75) is 6.92 Å². The Labute approximate surface area is 105 Å². The van der Waals surface area contributed by atoms with Crippen LogP contribution >= 0.6 is 0 Å². The highest BCUT2D eigenvalue weighted by molar-refractivity contribution is 5.80. The molecular formula is C12H12N6. The summed E-state index contributed by atoms with van der Waals surface area (Å²) in [6, 6.07) is 11.3. The van der Waals surface area contributed by atoms with Crippen molar-refractivity contribution in [3.05, 3.63) is 48.8 Å². The van der Waals surface area contributed by atoms with Gasteiger partial charge < -0.3 is 0 Å². The molecule has 90 valence electrons. The predicted octanol–water partition coefficient (Wildman–Crippen LogP) is 3.01. The number of nitrogens with one attached hydrogen (secondary N) is 1. The maximum absolute atomic E-state index is 4.06. The maximum Gasteiger partial charge on any atom is 0.268 e. The number of azo groups is 1. The van der Waals surface area contributed by atoms with Crippen LogP contribution in [0.5, 0.6) is 0 Å². The highest BCUT2D eigenvalue weighted by Crippen LogP contribution is 2.05. The van der Waals surface area contributed by atoms with E-state index in [9.17, 15) is 0 Å². The Morgan fingerprint density at radius 1 is 1.06 bits per heavy atom. The zero-order chi connectivity index (χ0) is 12.6. The Morgan fingerprint density at radius 2 is 1.78 bits per heavy atom. The quantitative estimate of drug-likeness (QED) is 0.388. The number of benzene rings is 1. The molecule has 6 heteroatoms. The van der Waals surface area contributed by atoms with Crippen molar-refractivity contribution in [1.29, 1.82) is 0 Å². The third-order valence-electron chi connectivity index (χ3n) is 1.96. The van der Waals surface area contributed by atoms with Gasteiger partial charge in [0.1, 0.15) is 0 Å². The number of anilines is 1. The summed E-state index contributed by atoms with van der Waals surface area (Å²) in [6.45, 7) is 1.74. The number of hydrogen-bond donors (Lipinski definition) is 1. The van der Waals surface area contributed by atoms with Crippen LogP contribution in [-0.4, -0.2) is 15.8 Å². The topological polar surface area (TPSA) is 74.9 Å². The zero-order valence-corrected chi connectivity index (χ0v) is 9.85. The number of hydrazone groups is 1. The van der Waals surface area contributed by atoms with Crippen molar-refractivity contribution >= 4 is 17.5 Å². The van der Waals surface area contributed by atoms with Crippen molar-refractivity contribution in [2.75, 3.05) is 5.43 Å². The normalized spacial score (nSPS) is 11.7. The Balaban J connectivity index is 1.96. The van der Waals surface area contributed by atoms with Crippen LogP contribution in [0.1, 0.15) is 6.92 Å². The first kappa shape index (κ1) is 11.8. The molecule has 1 heterocycles. The fourth-order valence-corrected chi connectivity index (χ4v) is 1.14. The molecule has 0 amide bonds. The minimum atomic E-state index is 0.312. The van der Waals surface area contributed by atoms with Crippen LogP contribution in [0.15, 0.2) is 64.1 Å². The van der Waals surface area contributed by atoms with Crippen LogP contribution in [0.2, 0.25) is 0 Å². The predicted molar refractivity (Wildman–Crippen MR) is 69.7 cm³/mol. The number of para-hydroxylation sites is 1. The van der Waals surface area contributed by atoms with E-state index in [4.69, 9.17) is 0 Å². The molecule has 0 saturated heterocycles. The monoisotopic (exact) mass is 240 g/mol. The van der Waals surface area contributed by atoms with Crippen LogP contribution in [0, 0.1) is 0 Å². The van der Waals surface area contributed by atoms with E-state index in [2.05, 4.69) is 30.7 Å². The number of rotatable bonds is 3. The second-order valence-electron chi connectivity index (χ2n) is 3.39. The molecule has 0 spiro atoms. The van der Waals surface area contributed by atoms with Gasteiger partial charge in [-0.3, -0.25) is 5.43 Å². The first-order valence-electron chi connectivity index (χ1n) is 5.39. The van der Waals surface area contributed by atoms with Gasteiger partial charge in [0.25, 0.3) is 5.95 Å². The van der Waals surface area contributed by atoms with Gasteiger partial charge in [0.2, 0.25) is 0 Å². The standard InChI is InChI=1S/C12H12N6/c1-10(15-17-11-6-3-2-4-7-11)16-18-12-13-8-5-9-14-12/h2-9,17H,1H3. The Morgan fingerprint density at radius 3 is 2.50 bits per heavy atom. The van der Waals surface area contributed by atoms with Crippen LogP contribution in [0.4, 0.5) is 11.6 Å². The molecule has 0 bridgehead atoms. The second-order valence-corrected chi connectivity index (χ2v) is 3.39. The molecule has 0 atom stereocenters. The van der Waals surface area contributed by atoms with Gasteiger partial charge in [-0.25, -0.2) is 9.97 Å². The van der Waals surface area contributed by atoms with E-state index in [1.165, 1.54) is 0 Å². The van der Waals surface area contributed by atoms with Gasteiger partial charge in [-0.15, -0.1) is 10.2 Å². The lowest BCUT2D eigenvalue weighted by Crippen LogP contribution is -1.93. The van der Waals surface area contributed by atoms with E-state index >= 15 is 0 Å². The highest BCUT2D eigenvalue weighted by atomic mass is 15.3. The van der Waals surface area contributed by atoms with E-state index < -0.39 is 0 Å². The largest absolute Gasteiger partial charge is 0.277 e. The summed E-state index contributed by atoms with van der Waals surface area (Å²) in [5.74, 6) is 0.804. The van der Waals surface area contributed by atoms with Crippen molar-refractivity contribution in [3.8, 4) is 0 Å². The molecule has 0 unspecified atom stereocenters. The van der Waals surface area contributed by atoms with E-state index in [1.807, 2.05) is 30.3 Å². The molecule has 18 heavy (non-hydrogen) atoms. The van der Waals surface area contributed by atoms with E-state index in [0.717, 1.165) is 5.69 Å². The molecule has 1 aromatic carbocycles. The van der Waals surface area contributed by atoms with Crippen molar-refractivity contribution in [3.63, 3.8) is 0 Å². The first-order chi connectivity index (χ1) is 8.84. The van der Waals surface area contributed by atoms with Crippen molar-refractivity contribution in [2.24, 2.45) is 15.3 Å². The average molecular weight is 240 g/mol. The SMILES string of the molecule is CC(N=Nc1ncccn1)=NNc1ccccc1. The minimum Gasteiger partial charge on any atom is -0.277 e. The van der Waals surface area contributed by atoms with Crippen molar-refractivity contribution in [1.82, 2.24) is 9.97 Å². The third kappa shape index (κ3) is 3.75. The van der Waals surface area contributed by atoms with Crippen LogP contribution in [-0.2, 0) is 0 Å². The smallest absolute Gasteiger partial charge is 0.268 e. The average Bonchev–Trinajstić information content (AvgIpc) is 2.45. The number of amidine groups is 1. The third-order valence-corrected chi connectivity index (χ3v) is 1.96. The van der Waals surface area contributed by atoms with Gasteiger partial charge in [-0.1, -0.05) is 18.2 Å². The van der Waals surface area contributed by atoms with Gasteiger partial charge >= 0.3 is 0 Å². The summed E-state index contributed by atoms with van der Waals surface area (Å²) in [4.78, 5) is 7.84. The van der Waals surface area contributed by atoms with Gasteiger partial charge in [-0.05, 0) is 25.1 Å². The van der Waals surface area contributed by atoms with Crippen molar-refractivity contribution < 1.29 is 0 Å². The summed E-state index contributed by atoms with van der Waals surface area (Å²) < 4.78 is 0. The lowest BCUT2D eigenvalue weighted by atomic mass is 10.3. The molecule has 0 saturated carbocycles. The summed E-state index contributed by atoms with van der Waals surface area (Å²) >= 11 is 0. The molecule has 0 aliphatic carbocycles. The Kier molecular flexibility index (Phi) is 4.07. The van der Waals surface area contributed by atoms with Gasteiger partial charge in [0.05, 0.1) is 5.69 Å². The molecular weight excluding hydrogens is 228 g/mol. The van der Waals surface area contributed by atoms with Crippen LogP contribution in [0.3, 0.4) is 0 Å².